The second-order valence-corrected chi connectivity index (χ2v) is 4.83. The first-order valence-electron chi connectivity index (χ1n) is 6.16. The smallest absolute Gasteiger partial charge is 0.132 e. The van der Waals surface area contributed by atoms with E-state index in [4.69, 9.17) is 16.3 Å². The standard InChI is InChI=1S/C14H17ClO2/c1-2-13(16)5-3-4-10-8-12(15)9-11-6-7-17-14(10)11/h8-9H,2-7H2,1H3. The summed E-state index contributed by atoms with van der Waals surface area (Å²) in [5.41, 5.74) is 2.35. The number of Topliss-reactive ketones (excluding diaryl/α,β-unsaturated/α-hetero) is 1. The van der Waals surface area contributed by atoms with Gasteiger partial charge in [-0.15, -0.1) is 0 Å². The van der Waals surface area contributed by atoms with Gasteiger partial charge in [0.25, 0.3) is 0 Å². The largest absolute Gasteiger partial charge is 0.493 e. The Morgan fingerprint density at radius 2 is 2.29 bits per heavy atom. The van der Waals surface area contributed by atoms with E-state index in [1.165, 1.54) is 5.56 Å². The molecule has 1 aromatic rings. The summed E-state index contributed by atoms with van der Waals surface area (Å²) in [6.07, 6.45) is 3.97. The van der Waals surface area contributed by atoms with Crippen LogP contribution in [-0.2, 0) is 17.6 Å². The first-order valence-corrected chi connectivity index (χ1v) is 6.54. The highest BCUT2D eigenvalue weighted by Crippen LogP contribution is 2.33. The Kier molecular flexibility index (Phi) is 4.06. The molecule has 17 heavy (non-hydrogen) atoms. The van der Waals surface area contributed by atoms with Gasteiger partial charge in [0.05, 0.1) is 6.61 Å². The van der Waals surface area contributed by atoms with Gasteiger partial charge in [-0.2, -0.15) is 0 Å². The monoisotopic (exact) mass is 252 g/mol. The minimum absolute atomic E-state index is 0.324. The van der Waals surface area contributed by atoms with Crippen LogP contribution in [0.1, 0.15) is 37.3 Å². The average Bonchev–Trinajstić information content (AvgIpc) is 2.76. The van der Waals surface area contributed by atoms with Crippen molar-refractivity contribution < 1.29 is 9.53 Å². The fourth-order valence-electron chi connectivity index (χ4n) is 2.18. The fourth-order valence-corrected chi connectivity index (χ4v) is 2.45. The number of carbonyl (C=O) groups is 1. The number of halogens is 1. The van der Waals surface area contributed by atoms with Crippen LogP contribution in [0.3, 0.4) is 0 Å². The summed E-state index contributed by atoms with van der Waals surface area (Å²) in [6, 6.07) is 3.94. The van der Waals surface area contributed by atoms with Crippen LogP contribution in [0.5, 0.6) is 5.75 Å². The molecule has 0 saturated carbocycles. The van der Waals surface area contributed by atoms with Crippen LogP contribution in [0.25, 0.3) is 0 Å². The molecule has 1 aromatic carbocycles. The SMILES string of the molecule is CCC(=O)CCCc1cc(Cl)cc2c1OCC2. The number of carbonyl (C=O) groups excluding carboxylic acids is 1. The lowest BCUT2D eigenvalue weighted by Crippen LogP contribution is -1.98. The van der Waals surface area contributed by atoms with E-state index in [1.807, 2.05) is 19.1 Å². The zero-order valence-electron chi connectivity index (χ0n) is 10.1. The first kappa shape index (κ1) is 12.4. The van der Waals surface area contributed by atoms with E-state index >= 15 is 0 Å². The number of benzene rings is 1. The van der Waals surface area contributed by atoms with Crippen LogP contribution in [0, 0.1) is 0 Å². The Morgan fingerprint density at radius 3 is 3.06 bits per heavy atom. The number of hydrogen-bond acceptors (Lipinski definition) is 2. The van der Waals surface area contributed by atoms with Gasteiger partial charge in [-0.05, 0) is 36.1 Å². The molecule has 0 saturated heterocycles. The molecule has 1 heterocycles. The third-order valence-corrected chi connectivity index (χ3v) is 3.34. The number of fused-ring (bicyclic) bond motifs is 1. The van der Waals surface area contributed by atoms with E-state index in [2.05, 4.69) is 0 Å². The molecule has 0 amide bonds. The molecule has 0 fully saturated rings. The van der Waals surface area contributed by atoms with Crippen molar-refractivity contribution in [2.45, 2.75) is 39.0 Å². The molecule has 0 unspecified atom stereocenters. The number of ether oxygens (including phenoxy) is 1. The predicted octanol–water partition coefficient (Wildman–Crippen LogP) is 3.58. The van der Waals surface area contributed by atoms with Gasteiger partial charge < -0.3 is 4.74 Å². The van der Waals surface area contributed by atoms with Crippen molar-refractivity contribution in [1.82, 2.24) is 0 Å². The fraction of sp³-hybridized carbons (Fsp3) is 0.500. The predicted molar refractivity (Wildman–Crippen MR) is 68.9 cm³/mol. The van der Waals surface area contributed by atoms with Crippen molar-refractivity contribution in [2.75, 3.05) is 6.61 Å². The molecular formula is C14H17ClO2. The topological polar surface area (TPSA) is 26.3 Å². The zero-order chi connectivity index (χ0) is 12.3. The van der Waals surface area contributed by atoms with E-state index in [1.54, 1.807) is 0 Å². The van der Waals surface area contributed by atoms with E-state index in [0.717, 1.165) is 42.2 Å². The van der Waals surface area contributed by atoms with E-state index in [0.29, 0.717) is 18.6 Å². The van der Waals surface area contributed by atoms with E-state index in [9.17, 15) is 4.79 Å². The summed E-state index contributed by atoms with van der Waals surface area (Å²) in [6.45, 7) is 2.65. The summed E-state index contributed by atoms with van der Waals surface area (Å²) in [7, 11) is 0. The number of ketones is 1. The van der Waals surface area contributed by atoms with Crippen molar-refractivity contribution in [2.24, 2.45) is 0 Å². The highest BCUT2D eigenvalue weighted by molar-refractivity contribution is 6.30. The average molecular weight is 253 g/mol. The molecule has 0 radical (unpaired) electrons. The third-order valence-electron chi connectivity index (χ3n) is 3.12. The lowest BCUT2D eigenvalue weighted by atomic mass is 10.0. The van der Waals surface area contributed by atoms with Crippen LogP contribution in [-0.4, -0.2) is 12.4 Å². The maximum Gasteiger partial charge on any atom is 0.132 e. The van der Waals surface area contributed by atoms with Crippen molar-refractivity contribution in [1.29, 1.82) is 0 Å². The van der Waals surface area contributed by atoms with Gasteiger partial charge in [-0.1, -0.05) is 18.5 Å². The van der Waals surface area contributed by atoms with Gasteiger partial charge in [-0.25, -0.2) is 0 Å². The van der Waals surface area contributed by atoms with Gasteiger partial charge in [-0.3, -0.25) is 4.79 Å². The minimum atomic E-state index is 0.324. The highest BCUT2D eigenvalue weighted by atomic mass is 35.5. The van der Waals surface area contributed by atoms with Crippen LogP contribution < -0.4 is 4.74 Å². The summed E-state index contributed by atoms with van der Waals surface area (Å²) < 4.78 is 5.62. The molecule has 92 valence electrons. The van der Waals surface area contributed by atoms with E-state index in [-0.39, 0.29) is 0 Å². The maximum atomic E-state index is 11.2. The second kappa shape index (κ2) is 5.54. The molecule has 2 nitrogen and oxygen atoms in total. The zero-order valence-corrected chi connectivity index (χ0v) is 10.8. The van der Waals surface area contributed by atoms with Crippen LogP contribution in [0.4, 0.5) is 0 Å². The van der Waals surface area contributed by atoms with Crippen molar-refractivity contribution in [3.63, 3.8) is 0 Å². The van der Waals surface area contributed by atoms with Crippen molar-refractivity contribution >= 4 is 17.4 Å². The number of aryl methyl sites for hydroxylation is 1. The molecule has 0 bridgehead atoms. The van der Waals surface area contributed by atoms with Crippen molar-refractivity contribution in [3.05, 3.63) is 28.3 Å². The van der Waals surface area contributed by atoms with Crippen molar-refractivity contribution in [3.8, 4) is 5.75 Å². The number of rotatable bonds is 5. The quantitative estimate of drug-likeness (QED) is 0.801. The molecule has 1 aliphatic rings. The third kappa shape index (κ3) is 3.01. The lowest BCUT2D eigenvalue weighted by molar-refractivity contribution is -0.118. The lowest BCUT2D eigenvalue weighted by Gasteiger charge is -2.08. The van der Waals surface area contributed by atoms with Gasteiger partial charge in [0, 0.05) is 24.3 Å². The molecule has 1 aliphatic heterocycles. The van der Waals surface area contributed by atoms with Gasteiger partial charge in [0.15, 0.2) is 0 Å². The summed E-state index contributed by atoms with van der Waals surface area (Å²) in [4.78, 5) is 11.2. The van der Waals surface area contributed by atoms with Crippen LogP contribution >= 0.6 is 11.6 Å². The highest BCUT2D eigenvalue weighted by Gasteiger charge is 2.17. The summed E-state index contributed by atoms with van der Waals surface area (Å²) in [5, 5.41) is 0.770. The maximum absolute atomic E-state index is 11.2. The Hall–Kier alpha value is -1.02. The normalized spacial score (nSPS) is 13.3. The Labute approximate surface area is 107 Å². The molecule has 0 atom stereocenters. The molecule has 0 aliphatic carbocycles. The van der Waals surface area contributed by atoms with Crippen LogP contribution in [0.15, 0.2) is 12.1 Å². The Balaban J connectivity index is 2.03. The molecule has 3 heteroatoms. The van der Waals surface area contributed by atoms with Gasteiger partial charge >= 0.3 is 0 Å². The number of hydrogen-bond donors (Lipinski definition) is 0. The molecule has 0 aromatic heterocycles. The van der Waals surface area contributed by atoms with Gasteiger partial charge in [0.2, 0.25) is 0 Å². The molecular weight excluding hydrogens is 236 g/mol. The second-order valence-electron chi connectivity index (χ2n) is 4.40. The van der Waals surface area contributed by atoms with Gasteiger partial charge in [0.1, 0.15) is 11.5 Å². The minimum Gasteiger partial charge on any atom is -0.493 e. The molecule has 0 N–H and O–H groups in total. The van der Waals surface area contributed by atoms with E-state index < -0.39 is 0 Å². The summed E-state index contributed by atoms with van der Waals surface area (Å²) >= 11 is 6.07. The first-order chi connectivity index (χ1) is 8.20. The van der Waals surface area contributed by atoms with Crippen LogP contribution in [0.2, 0.25) is 5.02 Å². The molecule has 2 rings (SSSR count). The summed E-state index contributed by atoms with van der Waals surface area (Å²) in [5.74, 6) is 1.32. The molecule has 0 spiro atoms. The Morgan fingerprint density at radius 1 is 1.47 bits per heavy atom. The Bertz CT molecular complexity index is 426.